The number of hydrogen-bond acceptors (Lipinski definition) is 7. The highest BCUT2D eigenvalue weighted by Gasteiger charge is 2.44. The van der Waals surface area contributed by atoms with E-state index < -0.39 is 23.8 Å². The van der Waals surface area contributed by atoms with Crippen LogP contribution in [0.4, 0.5) is 0 Å². The second-order valence-corrected chi connectivity index (χ2v) is 8.16. The number of imide groups is 2. The van der Waals surface area contributed by atoms with E-state index in [1.807, 2.05) is 0 Å². The van der Waals surface area contributed by atoms with Crippen LogP contribution in [0.2, 0.25) is 0 Å². The van der Waals surface area contributed by atoms with Crippen LogP contribution in [0.3, 0.4) is 0 Å². The maximum absolute atomic E-state index is 12.8. The predicted molar refractivity (Wildman–Crippen MR) is 112 cm³/mol. The molecule has 9 heteroatoms. The van der Waals surface area contributed by atoms with E-state index in [4.69, 9.17) is 4.74 Å². The molecule has 1 unspecified atom stereocenters. The molecule has 0 aromatic heterocycles. The van der Waals surface area contributed by atoms with E-state index in [1.54, 1.807) is 18.2 Å². The Kier molecular flexibility index (Phi) is 6.62. The highest BCUT2D eigenvalue weighted by atomic mass is 16.5. The van der Waals surface area contributed by atoms with Gasteiger partial charge in [0.25, 0.3) is 11.8 Å². The summed E-state index contributed by atoms with van der Waals surface area (Å²) in [5.74, 6) is -1.48. The number of fused-ring (bicyclic) bond motifs is 1. The Hall–Kier alpha value is -2.78. The summed E-state index contributed by atoms with van der Waals surface area (Å²) in [5, 5.41) is 5.55. The number of piperidine rings is 1. The van der Waals surface area contributed by atoms with Gasteiger partial charge in [0.2, 0.25) is 11.8 Å². The van der Waals surface area contributed by atoms with Gasteiger partial charge in [-0.25, -0.2) is 0 Å². The Balaban J connectivity index is 1.28. The van der Waals surface area contributed by atoms with Crippen molar-refractivity contribution in [1.82, 2.24) is 20.4 Å². The van der Waals surface area contributed by atoms with Gasteiger partial charge in [0, 0.05) is 32.6 Å². The molecular formula is C22H28N4O5. The second kappa shape index (κ2) is 9.57. The molecule has 3 heterocycles. The lowest BCUT2D eigenvalue weighted by Gasteiger charge is -2.27. The van der Waals surface area contributed by atoms with E-state index in [0.717, 1.165) is 56.9 Å². The number of carbonyl (C=O) groups is 4. The molecule has 2 N–H and O–H groups in total. The second-order valence-electron chi connectivity index (χ2n) is 8.16. The van der Waals surface area contributed by atoms with E-state index in [0.29, 0.717) is 12.4 Å². The third kappa shape index (κ3) is 4.77. The number of piperazine rings is 1. The highest BCUT2D eigenvalue weighted by molar-refractivity contribution is 6.23. The number of ether oxygens (including phenoxy) is 1. The first-order valence-electron chi connectivity index (χ1n) is 11.0. The van der Waals surface area contributed by atoms with Crippen molar-refractivity contribution in [3.8, 4) is 5.75 Å². The van der Waals surface area contributed by atoms with Crippen LogP contribution in [0.25, 0.3) is 0 Å². The lowest BCUT2D eigenvalue weighted by Crippen LogP contribution is -2.54. The lowest BCUT2D eigenvalue weighted by molar-refractivity contribution is -0.136. The van der Waals surface area contributed by atoms with Crippen molar-refractivity contribution in [3.63, 3.8) is 0 Å². The fourth-order valence-electron chi connectivity index (χ4n) is 4.28. The molecule has 166 valence electrons. The Labute approximate surface area is 181 Å². The van der Waals surface area contributed by atoms with E-state index in [1.165, 1.54) is 0 Å². The molecule has 1 aromatic rings. The maximum Gasteiger partial charge on any atom is 0.262 e. The van der Waals surface area contributed by atoms with Crippen LogP contribution in [0, 0.1) is 0 Å². The third-order valence-electron chi connectivity index (χ3n) is 6.01. The maximum atomic E-state index is 12.8. The minimum Gasteiger partial charge on any atom is -0.494 e. The third-order valence-corrected chi connectivity index (χ3v) is 6.01. The highest BCUT2D eigenvalue weighted by Crippen LogP contribution is 2.30. The van der Waals surface area contributed by atoms with E-state index in [2.05, 4.69) is 15.5 Å². The molecule has 1 aromatic carbocycles. The van der Waals surface area contributed by atoms with Crippen molar-refractivity contribution in [2.75, 3.05) is 39.3 Å². The largest absolute Gasteiger partial charge is 0.494 e. The lowest BCUT2D eigenvalue weighted by atomic mass is 10.0. The summed E-state index contributed by atoms with van der Waals surface area (Å²) in [4.78, 5) is 52.4. The Bertz CT molecular complexity index is 881. The first kappa shape index (κ1) is 21.5. The molecule has 1 atom stereocenters. The number of benzene rings is 1. The first-order valence-corrected chi connectivity index (χ1v) is 11.0. The van der Waals surface area contributed by atoms with E-state index in [9.17, 15) is 19.2 Å². The topological polar surface area (TPSA) is 108 Å². The van der Waals surface area contributed by atoms with Crippen molar-refractivity contribution in [1.29, 1.82) is 0 Å². The minimum atomic E-state index is -0.954. The van der Waals surface area contributed by atoms with Crippen LogP contribution in [0.5, 0.6) is 5.75 Å². The summed E-state index contributed by atoms with van der Waals surface area (Å²) < 4.78 is 5.79. The summed E-state index contributed by atoms with van der Waals surface area (Å²) in [6, 6.07) is 3.87. The molecule has 9 nitrogen and oxygen atoms in total. The van der Waals surface area contributed by atoms with Gasteiger partial charge in [0.1, 0.15) is 11.8 Å². The van der Waals surface area contributed by atoms with Crippen LogP contribution < -0.4 is 15.4 Å². The van der Waals surface area contributed by atoms with Crippen LogP contribution in [-0.2, 0) is 9.59 Å². The number of nitrogens with one attached hydrogen (secondary N) is 2. The van der Waals surface area contributed by atoms with Gasteiger partial charge in [-0.1, -0.05) is 0 Å². The molecule has 4 rings (SSSR count). The summed E-state index contributed by atoms with van der Waals surface area (Å²) in [5.41, 5.74) is 0.504. The van der Waals surface area contributed by atoms with Crippen molar-refractivity contribution >= 4 is 23.6 Å². The molecule has 3 aliphatic rings. The van der Waals surface area contributed by atoms with Crippen LogP contribution >= 0.6 is 0 Å². The van der Waals surface area contributed by atoms with Gasteiger partial charge < -0.3 is 15.0 Å². The Morgan fingerprint density at radius 3 is 2.52 bits per heavy atom. The summed E-state index contributed by atoms with van der Waals surface area (Å²) in [6.07, 6.45) is 3.36. The summed E-state index contributed by atoms with van der Waals surface area (Å²) in [6.45, 7) is 5.97. The molecule has 0 spiro atoms. The standard InChI is InChI=1S/C22H28N4O5/c27-19-7-6-18(20(28)24-19)26-21(29)16-5-4-15(14-17(16)22(26)30)31-13-3-1-2-10-25-11-8-23-9-12-25/h4-5,14,18,23H,1-3,6-13H2,(H,24,27,28). The summed E-state index contributed by atoms with van der Waals surface area (Å²) in [7, 11) is 0. The van der Waals surface area contributed by atoms with Crippen LogP contribution in [0.15, 0.2) is 18.2 Å². The average Bonchev–Trinajstić information content (AvgIpc) is 3.01. The van der Waals surface area contributed by atoms with Crippen LogP contribution in [0.1, 0.15) is 52.8 Å². The molecule has 3 aliphatic heterocycles. The molecule has 2 fully saturated rings. The zero-order chi connectivity index (χ0) is 21.8. The zero-order valence-electron chi connectivity index (χ0n) is 17.5. The SMILES string of the molecule is O=C1CCC(N2C(=O)c3ccc(OCCCCCN4CCNCC4)cc3C2=O)C(=O)N1. The number of rotatable bonds is 8. The molecule has 0 bridgehead atoms. The van der Waals surface area contributed by atoms with E-state index >= 15 is 0 Å². The normalized spacial score (nSPS) is 21.9. The molecule has 0 saturated carbocycles. The van der Waals surface area contributed by atoms with Gasteiger partial charge in [0.05, 0.1) is 17.7 Å². The Morgan fingerprint density at radius 2 is 1.74 bits per heavy atom. The molecule has 4 amide bonds. The van der Waals surface area contributed by atoms with Gasteiger partial charge >= 0.3 is 0 Å². The molecule has 2 saturated heterocycles. The van der Waals surface area contributed by atoms with Crippen molar-refractivity contribution in [2.45, 2.75) is 38.1 Å². The molecule has 0 aliphatic carbocycles. The quantitative estimate of drug-likeness (QED) is 0.460. The van der Waals surface area contributed by atoms with Crippen molar-refractivity contribution in [2.24, 2.45) is 0 Å². The fourth-order valence-corrected chi connectivity index (χ4v) is 4.28. The monoisotopic (exact) mass is 428 g/mol. The molecular weight excluding hydrogens is 400 g/mol. The summed E-state index contributed by atoms with van der Waals surface area (Å²) >= 11 is 0. The van der Waals surface area contributed by atoms with Crippen molar-refractivity contribution in [3.05, 3.63) is 29.3 Å². The fraction of sp³-hybridized carbons (Fsp3) is 0.545. The van der Waals surface area contributed by atoms with Gasteiger partial charge in [-0.2, -0.15) is 0 Å². The number of carbonyl (C=O) groups excluding carboxylic acids is 4. The predicted octanol–water partition coefficient (Wildman–Crippen LogP) is 0.542. The Morgan fingerprint density at radius 1 is 0.968 bits per heavy atom. The van der Waals surface area contributed by atoms with Gasteiger partial charge in [-0.15, -0.1) is 0 Å². The smallest absolute Gasteiger partial charge is 0.262 e. The van der Waals surface area contributed by atoms with Gasteiger partial charge in [-0.05, 0) is 50.4 Å². The van der Waals surface area contributed by atoms with Gasteiger partial charge in [-0.3, -0.25) is 29.4 Å². The number of unbranched alkanes of at least 4 members (excludes halogenated alkanes) is 2. The number of amides is 4. The van der Waals surface area contributed by atoms with Gasteiger partial charge in [0.15, 0.2) is 0 Å². The molecule has 31 heavy (non-hydrogen) atoms. The van der Waals surface area contributed by atoms with Crippen molar-refractivity contribution < 1.29 is 23.9 Å². The number of nitrogens with zero attached hydrogens (tertiary/aromatic N) is 2. The average molecular weight is 428 g/mol. The first-order chi connectivity index (χ1) is 15.0. The number of hydrogen-bond donors (Lipinski definition) is 2. The van der Waals surface area contributed by atoms with E-state index in [-0.39, 0.29) is 29.9 Å². The minimum absolute atomic E-state index is 0.104. The molecule has 0 radical (unpaired) electrons. The zero-order valence-corrected chi connectivity index (χ0v) is 17.5. The van der Waals surface area contributed by atoms with Crippen LogP contribution in [-0.4, -0.2) is 78.8 Å².